The lowest BCUT2D eigenvalue weighted by Crippen LogP contribution is -2.40. The zero-order chi connectivity index (χ0) is 8.27. The fourth-order valence-corrected chi connectivity index (χ4v) is 1.30. The molecule has 62 valence electrons. The Hall–Kier alpha value is -0.570. The van der Waals surface area contributed by atoms with Crippen molar-refractivity contribution in [3.8, 4) is 0 Å². The van der Waals surface area contributed by atoms with E-state index in [0.717, 1.165) is 6.42 Å². The third-order valence-corrected chi connectivity index (χ3v) is 1.95. The Morgan fingerprint density at radius 1 is 1.64 bits per heavy atom. The number of alkyl halides is 1. The van der Waals surface area contributed by atoms with E-state index >= 15 is 0 Å². The molecule has 1 aliphatic heterocycles. The maximum absolute atomic E-state index is 11.0. The molecule has 0 N–H and O–H groups in total. The van der Waals surface area contributed by atoms with Gasteiger partial charge in [-0.15, -0.1) is 11.6 Å². The highest BCUT2D eigenvalue weighted by atomic mass is 35.5. The second-order valence-electron chi connectivity index (χ2n) is 2.59. The molecular weight excluding hydrogens is 166 g/mol. The number of nitrogens with zero attached hydrogens (tertiary/aromatic N) is 1. The zero-order valence-electron chi connectivity index (χ0n) is 6.18. The van der Waals surface area contributed by atoms with Gasteiger partial charge in [-0.3, -0.25) is 9.59 Å². The van der Waals surface area contributed by atoms with Gasteiger partial charge < -0.3 is 4.90 Å². The van der Waals surface area contributed by atoms with Crippen molar-refractivity contribution in [1.29, 1.82) is 0 Å². The summed E-state index contributed by atoms with van der Waals surface area (Å²) in [5.74, 6) is -0.0257. The van der Waals surface area contributed by atoms with Gasteiger partial charge in [0.15, 0.2) is 5.78 Å². The minimum atomic E-state index is -0.139. The molecule has 1 fully saturated rings. The highest BCUT2D eigenvalue weighted by Gasteiger charge is 2.19. The highest BCUT2D eigenvalue weighted by Crippen LogP contribution is 2.05. The van der Waals surface area contributed by atoms with Crippen LogP contribution >= 0.6 is 11.6 Å². The summed E-state index contributed by atoms with van der Waals surface area (Å²) >= 11 is 5.33. The van der Waals surface area contributed by atoms with Crippen molar-refractivity contribution in [1.82, 2.24) is 4.90 Å². The van der Waals surface area contributed by atoms with Crippen LogP contribution in [0.5, 0.6) is 0 Å². The van der Waals surface area contributed by atoms with Crippen molar-refractivity contribution >= 4 is 23.3 Å². The average Bonchev–Trinajstić information content (AvgIpc) is 2.03. The zero-order valence-corrected chi connectivity index (χ0v) is 6.93. The molecule has 0 aliphatic carbocycles. The first-order valence-electron chi connectivity index (χ1n) is 3.59. The molecule has 0 radical (unpaired) electrons. The van der Waals surface area contributed by atoms with E-state index in [1.165, 1.54) is 4.90 Å². The number of carbonyl (C=O) groups excluding carboxylic acids is 2. The van der Waals surface area contributed by atoms with Crippen molar-refractivity contribution in [2.24, 2.45) is 0 Å². The van der Waals surface area contributed by atoms with Crippen molar-refractivity contribution < 1.29 is 9.59 Å². The average molecular weight is 176 g/mol. The molecule has 1 aliphatic rings. The van der Waals surface area contributed by atoms with Gasteiger partial charge in [-0.25, -0.2) is 0 Å². The first kappa shape index (κ1) is 8.53. The van der Waals surface area contributed by atoms with Crippen LogP contribution in [-0.4, -0.2) is 35.6 Å². The van der Waals surface area contributed by atoms with Gasteiger partial charge in [-0.1, -0.05) is 0 Å². The Morgan fingerprint density at radius 2 is 2.36 bits per heavy atom. The minimum Gasteiger partial charge on any atom is -0.334 e. The predicted octanol–water partition coefficient (Wildman–Crippen LogP) is 0.417. The van der Waals surface area contributed by atoms with Crippen LogP contribution in [-0.2, 0) is 9.59 Å². The van der Waals surface area contributed by atoms with Gasteiger partial charge in [0.05, 0.1) is 6.54 Å². The predicted molar refractivity (Wildman–Crippen MR) is 41.5 cm³/mol. The topological polar surface area (TPSA) is 37.4 Å². The van der Waals surface area contributed by atoms with Gasteiger partial charge in [0.1, 0.15) is 5.88 Å². The summed E-state index contributed by atoms with van der Waals surface area (Å²) in [6.45, 7) is 0.933. The number of likely N-dealkylation sites (tertiary alicyclic amines) is 1. The number of ketones is 1. The number of halogens is 1. The number of piperidine rings is 1. The maximum Gasteiger partial charge on any atom is 0.237 e. The number of hydrogen-bond donors (Lipinski definition) is 0. The van der Waals surface area contributed by atoms with Crippen molar-refractivity contribution in [3.05, 3.63) is 0 Å². The van der Waals surface area contributed by atoms with Gasteiger partial charge in [0.25, 0.3) is 0 Å². The van der Waals surface area contributed by atoms with E-state index in [9.17, 15) is 9.59 Å². The van der Waals surface area contributed by atoms with Gasteiger partial charge in [0.2, 0.25) is 5.91 Å². The third-order valence-electron chi connectivity index (χ3n) is 1.72. The SMILES string of the molecule is O=C1CCCN(C(=O)CCl)C1. The number of Topliss-reactive ketones (excluding diaryl/α,β-unsaturated/α-hetero) is 1. The number of rotatable bonds is 1. The second-order valence-corrected chi connectivity index (χ2v) is 2.86. The van der Waals surface area contributed by atoms with E-state index in [2.05, 4.69) is 0 Å². The first-order valence-corrected chi connectivity index (χ1v) is 4.13. The third kappa shape index (κ3) is 2.19. The van der Waals surface area contributed by atoms with Gasteiger partial charge in [0, 0.05) is 13.0 Å². The largest absolute Gasteiger partial charge is 0.334 e. The fourth-order valence-electron chi connectivity index (χ4n) is 1.14. The van der Waals surface area contributed by atoms with Gasteiger partial charge in [-0.2, -0.15) is 0 Å². The fraction of sp³-hybridized carbons (Fsp3) is 0.714. The monoisotopic (exact) mass is 175 g/mol. The molecule has 0 aromatic heterocycles. The van der Waals surface area contributed by atoms with E-state index in [-0.39, 0.29) is 24.1 Å². The Balaban J connectivity index is 2.45. The molecule has 0 aromatic rings. The second kappa shape index (κ2) is 3.72. The molecule has 0 unspecified atom stereocenters. The molecule has 0 saturated carbocycles. The van der Waals surface area contributed by atoms with E-state index < -0.39 is 0 Å². The van der Waals surface area contributed by atoms with E-state index in [1.54, 1.807) is 0 Å². The van der Waals surface area contributed by atoms with Crippen LogP contribution in [0.15, 0.2) is 0 Å². The number of hydrogen-bond acceptors (Lipinski definition) is 2. The van der Waals surface area contributed by atoms with Crippen LogP contribution < -0.4 is 0 Å². The molecule has 1 heterocycles. The summed E-state index contributed by atoms with van der Waals surface area (Å²) < 4.78 is 0. The Labute approximate surface area is 70.3 Å². The summed E-state index contributed by atoms with van der Waals surface area (Å²) in [6.07, 6.45) is 1.38. The van der Waals surface area contributed by atoms with Crippen molar-refractivity contribution in [3.63, 3.8) is 0 Å². The smallest absolute Gasteiger partial charge is 0.237 e. The van der Waals surface area contributed by atoms with Crippen molar-refractivity contribution in [2.45, 2.75) is 12.8 Å². The summed E-state index contributed by atoms with van der Waals surface area (Å²) in [6, 6.07) is 0. The summed E-state index contributed by atoms with van der Waals surface area (Å²) in [5.41, 5.74) is 0. The van der Waals surface area contributed by atoms with E-state index in [0.29, 0.717) is 13.0 Å². The molecule has 4 heteroatoms. The highest BCUT2D eigenvalue weighted by molar-refractivity contribution is 6.27. The Bertz CT molecular complexity index is 181. The van der Waals surface area contributed by atoms with Crippen LogP contribution in [0.1, 0.15) is 12.8 Å². The summed E-state index contributed by atoms with van der Waals surface area (Å²) in [4.78, 5) is 23.3. The van der Waals surface area contributed by atoms with E-state index in [1.807, 2.05) is 0 Å². The minimum absolute atomic E-state index is 0.0206. The first-order chi connectivity index (χ1) is 5.24. The molecule has 11 heavy (non-hydrogen) atoms. The molecule has 0 spiro atoms. The van der Waals surface area contributed by atoms with Crippen LogP contribution in [0.3, 0.4) is 0 Å². The lowest BCUT2D eigenvalue weighted by Gasteiger charge is -2.24. The lowest BCUT2D eigenvalue weighted by molar-refractivity contribution is -0.135. The molecule has 1 amide bonds. The van der Waals surface area contributed by atoms with Crippen LogP contribution in [0, 0.1) is 0 Å². The molecule has 1 saturated heterocycles. The summed E-state index contributed by atoms with van der Waals surface area (Å²) in [7, 11) is 0. The number of amides is 1. The molecular formula is C7H10ClNO2. The van der Waals surface area contributed by atoms with Gasteiger partial charge in [-0.05, 0) is 6.42 Å². The normalized spacial score (nSPS) is 18.6. The Morgan fingerprint density at radius 3 is 2.91 bits per heavy atom. The van der Waals surface area contributed by atoms with Gasteiger partial charge >= 0.3 is 0 Å². The van der Waals surface area contributed by atoms with Crippen LogP contribution in [0.2, 0.25) is 0 Å². The molecule has 1 rings (SSSR count). The van der Waals surface area contributed by atoms with Crippen LogP contribution in [0.25, 0.3) is 0 Å². The molecule has 3 nitrogen and oxygen atoms in total. The maximum atomic E-state index is 11.0. The quantitative estimate of drug-likeness (QED) is 0.542. The molecule has 0 atom stereocenters. The molecule has 0 bridgehead atoms. The van der Waals surface area contributed by atoms with Crippen LogP contribution in [0.4, 0.5) is 0 Å². The molecule has 0 aromatic carbocycles. The summed E-state index contributed by atoms with van der Waals surface area (Å²) in [5, 5.41) is 0. The number of carbonyl (C=O) groups is 2. The van der Waals surface area contributed by atoms with E-state index in [4.69, 9.17) is 11.6 Å². The standard InChI is InChI=1S/C7H10ClNO2/c8-4-7(11)9-3-1-2-6(10)5-9/h1-5H2. The lowest BCUT2D eigenvalue weighted by atomic mass is 10.1. The Kier molecular flexibility index (Phi) is 2.88. The van der Waals surface area contributed by atoms with Crippen molar-refractivity contribution in [2.75, 3.05) is 19.0 Å².